The zero-order valence-electron chi connectivity index (χ0n) is 11.3. The van der Waals surface area contributed by atoms with Gasteiger partial charge in [0.1, 0.15) is 0 Å². The van der Waals surface area contributed by atoms with Gasteiger partial charge in [0.05, 0.1) is 6.54 Å². The lowest BCUT2D eigenvalue weighted by Gasteiger charge is -2.16. The van der Waals surface area contributed by atoms with Gasteiger partial charge in [-0.2, -0.15) is 4.80 Å². The minimum Gasteiger partial charge on any atom is -0.302 e. The molecule has 5 nitrogen and oxygen atoms in total. The predicted octanol–water partition coefficient (Wildman–Crippen LogP) is 2.44. The summed E-state index contributed by atoms with van der Waals surface area (Å²) in [4.78, 5) is 4.00. The molecule has 102 valence electrons. The molecule has 0 bridgehead atoms. The van der Waals surface area contributed by atoms with E-state index in [9.17, 15) is 0 Å². The standard InChI is InChI=1S/C13H18BrN5/c1-3-18(4-2)9-10-19-16-13(15-17-19)11-5-7-12(14)8-6-11/h5-8H,3-4,9-10H2,1-2H3. The lowest BCUT2D eigenvalue weighted by atomic mass is 10.2. The molecule has 0 aliphatic carbocycles. The molecule has 1 aromatic heterocycles. The van der Waals surface area contributed by atoms with Gasteiger partial charge in [-0.3, -0.25) is 0 Å². The smallest absolute Gasteiger partial charge is 0.204 e. The van der Waals surface area contributed by atoms with Gasteiger partial charge in [-0.05, 0) is 42.6 Å². The number of aromatic nitrogens is 4. The highest BCUT2D eigenvalue weighted by Gasteiger charge is 2.06. The van der Waals surface area contributed by atoms with Crippen molar-refractivity contribution in [3.8, 4) is 11.4 Å². The van der Waals surface area contributed by atoms with Crippen LogP contribution in [-0.2, 0) is 6.54 Å². The molecule has 0 saturated carbocycles. The Morgan fingerprint density at radius 1 is 1.16 bits per heavy atom. The summed E-state index contributed by atoms with van der Waals surface area (Å²) in [5.74, 6) is 0.673. The van der Waals surface area contributed by atoms with Crippen LogP contribution in [0.5, 0.6) is 0 Å². The number of benzene rings is 1. The molecule has 0 aliphatic heterocycles. The van der Waals surface area contributed by atoms with Gasteiger partial charge < -0.3 is 4.90 Å². The second-order valence-electron chi connectivity index (χ2n) is 4.24. The Kier molecular flexibility index (Phi) is 5.04. The van der Waals surface area contributed by atoms with Crippen LogP contribution in [0.1, 0.15) is 13.8 Å². The Bertz CT molecular complexity index is 504. The first-order valence-corrected chi connectivity index (χ1v) is 7.28. The van der Waals surface area contributed by atoms with E-state index in [0.29, 0.717) is 5.82 Å². The highest BCUT2D eigenvalue weighted by molar-refractivity contribution is 9.10. The highest BCUT2D eigenvalue weighted by Crippen LogP contribution is 2.17. The molecule has 0 fully saturated rings. The summed E-state index contributed by atoms with van der Waals surface area (Å²) >= 11 is 3.41. The maximum Gasteiger partial charge on any atom is 0.204 e. The van der Waals surface area contributed by atoms with Gasteiger partial charge in [0.15, 0.2) is 0 Å². The van der Waals surface area contributed by atoms with Crippen LogP contribution in [0, 0.1) is 0 Å². The van der Waals surface area contributed by atoms with Crippen molar-refractivity contribution in [2.45, 2.75) is 20.4 Å². The van der Waals surface area contributed by atoms with Crippen LogP contribution in [-0.4, -0.2) is 44.7 Å². The van der Waals surface area contributed by atoms with Crippen molar-refractivity contribution in [1.82, 2.24) is 25.1 Å². The largest absolute Gasteiger partial charge is 0.302 e. The third-order valence-electron chi connectivity index (χ3n) is 3.07. The number of hydrogen-bond acceptors (Lipinski definition) is 4. The second-order valence-corrected chi connectivity index (χ2v) is 5.16. The van der Waals surface area contributed by atoms with Crippen molar-refractivity contribution in [3.63, 3.8) is 0 Å². The van der Waals surface area contributed by atoms with Crippen LogP contribution in [0.25, 0.3) is 11.4 Å². The number of hydrogen-bond donors (Lipinski definition) is 0. The topological polar surface area (TPSA) is 46.8 Å². The summed E-state index contributed by atoms with van der Waals surface area (Å²) < 4.78 is 1.05. The van der Waals surface area contributed by atoms with Gasteiger partial charge in [0.25, 0.3) is 0 Å². The van der Waals surface area contributed by atoms with E-state index in [-0.39, 0.29) is 0 Å². The van der Waals surface area contributed by atoms with Crippen molar-refractivity contribution >= 4 is 15.9 Å². The van der Waals surface area contributed by atoms with Crippen LogP contribution in [0.2, 0.25) is 0 Å². The van der Waals surface area contributed by atoms with E-state index >= 15 is 0 Å². The SMILES string of the molecule is CCN(CC)CCn1nnc(-c2ccc(Br)cc2)n1. The normalized spacial score (nSPS) is 11.2. The van der Waals surface area contributed by atoms with E-state index < -0.39 is 0 Å². The Morgan fingerprint density at radius 2 is 1.84 bits per heavy atom. The molecule has 2 rings (SSSR count). The van der Waals surface area contributed by atoms with Crippen LogP contribution >= 0.6 is 15.9 Å². The third kappa shape index (κ3) is 3.84. The second kappa shape index (κ2) is 6.77. The first kappa shape index (κ1) is 14.1. The van der Waals surface area contributed by atoms with E-state index in [1.165, 1.54) is 0 Å². The summed E-state index contributed by atoms with van der Waals surface area (Å²) in [7, 11) is 0. The molecule has 0 radical (unpaired) electrons. The van der Waals surface area contributed by atoms with E-state index in [0.717, 1.165) is 36.2 Å². The average Bonchev–Trinajstić information content (AvgIpc) is 2.89. The molecule has 2 aromatic rings. The monoisotopic (exact) mass is 323 g/mol. The molecule has 0 amide bonds. The van der Waals surface area contributed by atoms with Crippen molar-refractivity contribution in [2.75, 3.05) is 19.6 Å². The molecule has 0 aliphatic rings. The molecule has 19 heavy (non-hydrogen) atoms. The van der Waals surface area contributed by atoms with Crippen molar-refractivity contribution < 1.29 is 0 Å². The number of nitrogens with zero attached hydrogens (tertiary/aromatic N) is 5. The van der Waals surface area contributed by atoms with Gasteiger partial charge in [0.2, 0.25) is 5.82 Å². The molecule has 0 spiro atoms. The summed E-state index contributed by atoms with van der Waals surface area (Å²) in [6, 6.07) is 7.92. The van der Waals surface area contributed by atoms with Crippen LogP contribution in [0.3, 0.4) is 0 Å². The van der Waals surface area contributed by atoms with Gasteiger partial charge in [-0.15, -0.1) is 10.2 Å². The maximum absolute atomic E-state index is 4.40. The fourth-order valence-corrected chi connectivity index (χ4v) is 2.09. The molecule has 1 aromatic carbocycles. The third-order valence-corrected chi connectivity index (χ3v) is 3.59. The summed E-state index contributed by atoms with van der Waals surface area (Å²) in [5, 5.41) is 12.6. The quantitative estimate of drug-likeness (QED) is 0.819. The van der Waals surface area contributed by atoms with Crippen molar-refractivity contribution in [3.05, 3.63) is 28.7 Å². The fraction of sp³-hybridized carbons (Fsp3) is 0.462. The molecular weight excluding hydrogens is 306 g/mol. The molecule has 6 heteroatoms. The summed E-state index contributed by atoms with van der Waals surface area (Å²) in [5.41, 5.74) is 0.984. The van der Waals surface area contributed by atoms with Gasteiger partial charge in [0, 0.05) is 16.6 Å². The predicted molar refractivity (Wildman–Crippen MR) is 78.7 cm³/mol. The van der Waals surface area contributed by atoms with Gasteiger partial charge in [-0.1, -0.05) is 29.8 Å². The van der Waals surface area contributed by atoms with Gasteiger partial charge >= 0.3 is 0 Å². The van der Waals surface area contributed by atoms with Crippen LogP contribution in [0.15, 0.2) is 28.7 Å². The van der Waals surface area contributed by atoms with Crippen molar-refractivity contribution in [2.24, 2.45) is 0 Å². The number of likely N-dealkylation sites (N-methyl/N-ethyl adjacent to an activating group) is 1. The number of rotatable bonds is 6. The minimum absolute atomic E-state index is 0.673. The van der Waals surface area contributed by atoms with E-state index in [1.54, 1.807) is 4.80 Å². The van der Waals surface area contributed by atoms with Crippen LogP contribution < -0.4 is 0 Å². The lowest BCUT2D eigenvalue weighted by molar-refractivity contribution is 0.277. The Balaban J connectivity index is 2.01. The lowest BCUT2D eigenvalue weighted by Crippen LogP contribution is -2.27. The zero-order chi connectivity index (χ0) is 13.7. The minimum atomic E-state index is 0.673. The molecule has 0 unspecified atom stereocenters. The zero-order valence-corrected chi connectivity index (χ0v) is 12.8. The molecule has 0 N–H and O–H groups in total. The van der Waals surface area contributed by atoms with Crippen molar-refractivity contribution in [1.29, 1.82) is 0 Å². The fourth-order valence-electron chi connectivity index (χ4n) is 1.82. The maximum atomic E-state index is 4.40. The first-order valence-electron chi connectivity index (χ1n) is 6.49. The Hall–Kier alpha value is -1.27. The first-order chi connectivity index (χ1) is 9.22. The van der Waals surface area contributed by atoms with E-state index in [4.69, 9.17) is 0 Å². The Labute approximate surface area is 121 Å². The van der Waals surface area contributed by atoms with E-state index in [2.05, 4.69) is 50.1 Å². The number of tetrazole rings is 1. The Morgan fingerprint density at radius 3 is 2.47 bits per heavy atom. The van der Waals surface area contributed by atoms with E-state index in [1.807, 2.05) is 24.3 Å². The molecule has 0 saturated heterocycles. The number of halogens is 1. The average molecular weight is 324 g/mol. The van der Waals surface area contributed by atoms with Crippen LogP contribution in [0.4, 0.5) is 0 Å². The van der Waals surface area contributed by atoms with Gasteiger partial charge in [-0.25, -0.2) is 0 Å². The molecular formula is C13H18BrN5. The molecule has 1 heterocycles. The summed E-state index contributed by atoms with van der Waals surface area (Å²) in [6.45, 7) is 8.13. The molecule has 0 atom stereocenters. The highest BCUT2D eigenvalue weighted by atomic mass is 79.9. The summed E-state index contributed by atoms with van der Waals surface area (Å²) in [6.07, 6.45) is 0.